The molecule has 1 aromatic rings. The number of carbonyl (C=O) groups excluding carboxylic acids is 2. The molecular formula is C11H15N3O3S. The van der Waals surface area contributed by atoms with Crippen molar-refractivity contribution in [2.75, 3.05) is 18.1 Å². The summed E-state index contributed by atoms with van der Waals surface area (Å²) >= 11 is 1.19. The number of thiazole rings is 1. The predicted octanol–water partition coefficient (Wildman–Crippen LogP) is 1.55. The fourth-order valence-corrected chi connectivity index (χ4v) is 2.82. The molecule has 1 N–H and O–H groups in total. The van der Waals surface area contributed by atoms with Crippen LogP contribution in [0.3, 0.4) is 0 Å². The first-order chi connectivity index (χ1) is 8.54. The molecule has 1 aliphatic rings. The van der Waals surface area contributed by atoms with Crippen LogP contribution in [0.1, 0.15) is 29.2 Å². The first-order valence-electron chi connectivity index (χ1n) is 5.76. The van der Waals surface area contributed by atoms with Gasteiger partial charge < -0.3 is 10.1 Å². The zero-order valence-corrected chi connectivity index (χ0v) is 11.3. The van der Waals surface area contributed by atoms with Gasteiger partial charge in [-0.3, -0.25) is 4.90 Å². The zero-order valence-electron chi connectivity index (χ0n) is 10.5. The summed E-state index contributed by atoms with van der Waals surface area (Å²) in [5.41, 5.74) is 0.598. The number of carbonyl (C=O) groups is 2. The molecule has 18 heavy (non-hydrogen) atoms. The van der Waals surface area contributed by atoms with Gasteiger partial charge in [0.15, 0.2) is 5.13 Å². The molecular weight excluding hydrogens is 254 g/mol. The highest BCUT2D eigenvalue weighted by Gasteiger charge is 2.32. The second-order valence-electron chi connectivity index (χ2n) is 4.04. The first-order valence-corrected chi connectivity index (χ1v) is 6.57. The maximum absolute atomic E-state index is 11.7. The van der Waals surface area contributed by atoms with Gasteiger partial charge in [-0.15, -0.1) is 0 Å². The van der Waals surface area contributed by atoms with E-state index in [1.807, 2.05) is 6.92 Å². The van der Waals surface area contributed by atoms with E-state index >= 15 is 0 Å². The number of hydrogen-bond donors (Lipinski definition) is 1. The summed E-state index contributed by atoms with van der Waals surface area (Å²) in [6.07, 6.45) is 0. The van der Waals surface area contributed by atoms with Gasteiger partial charge in [0.1, 0.15) is 4.88 Å². The minimum absolute atomic E-state index is 0.0399. The third-order valence-electron chi connectivity index (χ3n) is 2.66. The van der Waals surface area contributed by atoms with Gasteiger partial charge in [0.2, 0.25) is 0 Å². The van der Waals surface area contributed by atoms with Crippen molar-refractivity contribution in [1.82, 2.24) is 10.3 Å². The molecule has 7 heteroatoms. The summed E-state index contributed by atoms with van der Waals surface area (Å²) < 4.78 is 4.95. The molecule has 6 nitrogen and oxygen atoms in total. The van der Waals surface area contributed by atoms with E-state index in [0.29, 0.717) is 28.9 Å². The molecule has 2 rings (SSSR count). The number of hydrogen-bond acceptors (Lipinski definition) is 5. The van der Waals surface area contributed by atoms with Gasteiger partial charge in [-0.2, -0.15) is 0 Å². The molecule has 0 saturated carbocycles. The standard InChI is InChI=1S/C11H15N3O3S/c1-4-17-9(15)8-7(3)13-11(18-8)14-6(2)5-12-10(14)16/h6H,4-5H2,1-3H3,(H,12,16). The SMILES string of the molecule is CCOC(=O)c1sc(N2C(=O)NCC2C)nc1C. The number of rotatable bonds is 3. The molecule has 0 radical (unpaired) electrons. The molecule has 1 aliphatic heterocycles. The van der Waals surface area contributed by atoms with Crippen LogP contribution in [0.15, 0.2) is 0 Å². The number of nitrogens with zero attached hydrogens (tertiary/aromatic N) is 2. The van der Waals surface area contributed by atoms with Crippen molar-refractivity contribution < 1.29 is 14.3 Å². The Hall–Kier alpha value is -1.63. The lowest BCUT2D eigenvalue weighted by Crippen LogP contribution is -2.32. The smallest absolute Gasteiger partial charge is 0.350 e. The van der Waals surface area contributed by atoms with Crippen molar-refractivity contribution in [1.29, 1.82) is 0 Å². The predicted molar refractivity (Wildman–Crippen MR) is 68.1 cm³/mol. The third kappa shape index (κ3) is 2.17. The number of nitrogens with one attached hydrogen (secondary N) is 1. The highest BCUT2D eigenvalue weighted by molar-refractivity contribution is 7.17. The fraction of sp³-hybridized carbons (Fsp3) is 0.545. The molecule has 98 valence electrons. The summed E-state index contributed by atoms with van der Waals surface area (Å²) in [5, 5.41) is 3.28. The van der Waals surface area contributed by atoms with Crippen LogP contribution in [0, 0.1) is 6.92 Å². The van der Waals surface area contributed by atoms with Crippen LogP contribution in [-0.2, 0) is 4.74 Å². The molecule has 0 bridgehead atoms. The Balaban J connectivity index is 2.28. The van der Waals surface area contributed by atoms with E-state index in [4.69, 9.17) is 4.74 Å². The van der Waals surface area contributed by atoms with E-state index in [0.717, 1.165) is 0 Å². The van der Waals surface area contributed by atoms with Crippen LogP contribution >= 0.6 is 11.3 Å². The monoisotopic (exact) mass is 269 g/mol. The van der Waals surface area contributed by atoms with Gasteiger partial charge in [-0.1, -0.05) is 11.3 Å². The highest BCUT2D eigenvalue weighted by atomic mass is 32.1. The second kappa shape index (κ2) is 4.93. The maximum atomic E-state index is 11.7. The molecule has 2 amide bonds. The van der Waals surface area contributed by atoms with Gasteiger partial charge in [-0.25, -0.2) is 14.6 Å². The van der Waals surface area contributed by atoms with E-state index < -0.39 is 0 Å². The van der Waals surface area contributed by atoms with Crippen molar-refractivity contribution in [3.63, 3.8) is 0 Å². The summed E-state index contributed by atoms with van der Waals surface area (Å²) in [6, 6.07) is -0.134. The number of aromatic nitrogens is 1. The van der Waals surface area contributed by atoms with Crippen molar-refractivity contribution in [2.24, 2.45) is 0 Å². The summed E-state index contributed by atoms with van der Waals surface area (Å²) in [4.78, 5) is 29.7. The van der Waals surface area contributed by atoms with E-state index in [-0.39, 0.29) is 18.0 Å². The van der Waals surface area contributed by atoms with Gasteiger partial charge in [0.25, 0.3) is 0 Å². The fourth-order valence-electron chi connectivity index (χ4n) is 1.76. The van der Waals surface area contributed by atoms with Crippen LogP contribution in [-0.4, -0.2) is 36.2 Å². The van der Waals surface area contributed by atoms with Gasteiger partial charge in [0.05, 0.1) is 18.3 Å². The van der Waals surface area contributed by atoms with Crippen LogP contribution in [0.2, 0.25) is 0 Å². The topological polar surface area (TPSA) is 71.5 Å². The average molecular weight is 269 g/mol. The molecule has 1 saturated heterocycles. The normalized spacial score (nSPS) is 18.9. The van der Waals surface area contributed by atoms with Crippen LogP contribution in [0.4, 0.5) is 9.93 Å². The van der Waals surface area contributed by atoms with E-state index in [2.05, 4.69) is 10.3 Å². The molecule has 1 aromatic heterocycles. The summed E-state index contributed by atoms with van der Waals surface area (Å²) in [7, 11) is 0. The number of aryl methyl sites for hydroxylation is 1. The van der Waals surface area contributed by atoms with Crippen LogP contribution in [0.5, 0.6) is 0 Å². The van der Waals surface area contributed by atoms with E-state index in [9.17, 15) is 9.59 Å². The van der Waals surface area contributed by atoms with Gasteiger partial charge >= 0.3 is 12.0 Å². The lowest BCUT2D eigenvalue weighted by atomic mass is 10.3. The van der Waals surface area contributed by atoms with Gasteiger partial charge in [-0.05, 0) is 20.8 Å². The average Bonchev–Trinajstić information content (AvgIpc) is 2.83. The van der Waals surface area contributed by atoms with Gasteiger partial charge in [0, 0.05) is 6.54 Å². The Bertz CT molecular complexity index is 486. The second-order valence-corrected chi connectivity index (χ2v) is 5.01. The maximum Gasteiger partial charge on any atom is 0.350 e. The first kappa shape index (κ1) is 12.8. The lowest BCUT2D eigenvalue weighted by molar-refractivity contribution is 0.0531. The Morgan fingerprint density at radius 3 is 2.94 bits per heavy atom. The Kier molecular flexibility index (Phi) is 3.51. The number of urea groups is 1. The minimum Gasteiger partial charge on any atom is -0.462 e. The van der Waals surface area contributed by atoms with Crippen molar-refractivity contribution in [2.45, 2.75) is 26.8 Å². The summed E-state index contributed by atoms with van der Waals surface area (Å²) in [5.74, 6) is -0.383. The molecule has 1 atom stereocenters. The largest absolute Gasteiger partial charge is 0.462 e. The molecule has 1 unspecified atom stereocenters. The number of ether oxygens (including phenoxy) is 1. The zero-order chi connectivity index (χ0) is 13.3. The molecule has 1 fully saturated rings. The number of esters is 1. The van der Waals surface area contributed by atoms with Crippen LogP contribution < -0.4 is 10.2 Å². The molecule has 0 aromatic carbocycles. The molecule has 0 spiro atoms. The minimum atomic E-state index is -0.383. The highest BCUT2D eigenvalue weighted by Crippen LogP contribution is 2.29. The Morgan fingerprint density at radius 2 is 2.39 bits per heavy atom. The van der Waals surface area contributed by atoms with Crippen LogP contribution in [0.25, 0.3) is 0 Å². The Morgan fingerprint density at radius 1 is 1.67 bits per heavy atom. The third-order valence-corrected chi connectivity index (χ3v) is 3.80. The lowest BCUT2D eigenvalue weighted by Gasteiger charge is -2.15. The quantitative estimate of drug-likeness (QED) is 0.845. The number of anilines is 1. The van der Waals surface area contributed by atoms with Crippen molar-refractivity contribution >= 4 is 28.5 Å². The molecule has 0 aliphatic carbocycles. The molecule has 2 heterocycles. The number of amides is 2. The summed E-state index contributed by atoms with van der Waals surface area (Å²) in [6.45, 7) is 6.34. The van der Waals surface area contributed by atoms with Crippen molar-refractivity contribution in [3.05, 3.63) is 10.6 Å². The Labute approximate surface area is 109 Å². The van der Waals surface area contributed by atoms with E-state index in [1.54, 1.807) is 18.7 Å². The van der Waals surface area contributed by atoms with E-state index in [1.165, 1.54) is 11.3 Å². The van der Waals surface area contributed by atoms with Crippen molar-refractivity contribution in [3.8, 4) is 0 Å².